The van der Waals surface area contributed by atoms with Crippen LogP contribution in [0.25, 0.3) is 10.8 Å². The zero-order chi connectivity index (χ0) is 17.5. The predicted molar refractivity (Wildman–Crippen MR) is 105 cm³/mol. The summed E-state index contributed by atoms with van der Waals surface area (Å²) in [5, 5.41) is 6.26. The summed E-state index contributed by atoms with van der Waals surface area (Å²) in [4.78, 5) is 12.1. The zero-order valence-corrected chi connectivity index (χ0v) is 14.9. The summed E-state index contributed by atoms with van der Waals surface area (Å²) in [5.74, 6) is 0.104. The van der Waals surface area contributed by atoms with Crippen molar-refractivity contribution in [3.8, 4) is 0 Å². The number of rotatable bonds is 7. The van der Waals surface area contributed by atoms with Gasteiger partial charge in [0.2, 0.25) is 5.91 Å². The Labute approximate surface area is 153 Å². The smallest absolute Gasteiger partial charge is 0.220 e. The third-order valence-electron chi connectivity index (χ3n) is 4.40. The molecule has 0 aromatic heterocycles. The third-order valence-corrected chi connectivity index (χ3v) is 4.77. The van der Waals surface area contributed by atoms with Crippen LogP contribution in [0.2, 0.25) is 5.02 Å². The molecule has 0 spiro atoms. The van der Waals surface area contributed by atoms with E-state index in [1.54, 1.807) is 0 Å². The van der Waals surface area contributed by atoms with E-state index in [4.69, 9.17) is 11.6 Å². The predicted octanol–water partition coefficient (Wildman–Crippen LogP) is 5.17. The van der Waals surface area contributed by atoms with Crippen molar-refractivity contribution in [2.24, 2.45) is 0 Å². The quantitative estimate of drug-likeness (QED) is 0.584. The minimum Gasteiger partial charge on any atom is -0.356 e. The molecule has 0 radical (unpaired) electrons. The third kappa shape index (κ3) is 4.83. The van der Waals surface area contributed by atoms with E-state index in [0.29, 0.717) is 13.0 Å². The van der Waals surface area contributed by atoms with Crippen LogP contribution in [0, 0.1) is 0 Å². The Kier molecular flexibility index (Phi) is 6.08. The van der Waals surface area contributed by atoms with Crippen LogP contribution >= 0.6 is 11.6 Å². The van der Waals surface area contributed by atoms with Gasteiger partial charge in [-0.25, -0.2) is 0 Å². The Bertz CT molecular complexity index is 854. The van der Waals surface area contributed by atoms with Gasteiger partial charge in [0.15, 0.2) is 0 Å². The largest absolute Gasteiger partial charge is 0.356 e. The van der Waals surface area contributed by atoms with Crippen LogP contribution in [0.5, 0.6) is 0 Å². The van der Waals surface area contributed by atoms with Crippen molar-refractivity contribution in [3.05, 3.63) is 82.9 Å². The van der Waals surface area contributed by atoms with Crippen LogP contribution in [-0.4, -0.2) is 12.5 Å². The van der Waals surface area contributed by atoms with E-state index in [9.17, 15) is 4.79 Å². The summed E-state index contributed by atoms with van der Waals surface area (Å²) >= 11 is 6.14. The number of halogens is 1. The lowest BCUT2D eigenvalue weighted by molar-refractivity contribution is -0.121. The van der Waals surface area contributed by atoms with E-state index in [1.807, 2.05) is 36.4 Å². The maximum atomic E-state index is 12.1. The highest BCUT2D eigenvalue weighted by Gasteiger charge is 2.05. The molecule has 128 valence electrons. The number of fused-ring (bicyclic) bond motifs is 1. The maximum absolute atomic E-state index is 12.1. The monoisotopic (exact) mass is 351 g/mol. The molecule has 0 heterocycles. The molecule has 0 aliphatic carbocycles. The molecule has 1 N–H and O–H groups in total. The number of nitrogens with one attached hydrogen (secondary N) is 1. The molecule has 3 aromatic carbocycles. The van der Waals surface area contributed by atoms with E-state index in [0.717, 1.165) is 29.8 Å². The molecule has 3 heteroatoms. The summed E-state index contributed by atoms with van der Waals surface area (Å²) in [6.45, 7) is 0.680. The number of hydrogen-bond acceptors (Lipinski definition) is 1. The van der Waals surface area contributed by atoms with Crippen molar-refractivity contribution in [1.29, 1.82) is 0 Å². The molecule has 25 heavy (non-hydrogen) atoms. The molecule has 0 aliphatic heterocycles. The Hall–Kier alpha value is -2.32. The highest BCUT2D eigenvalue weighted by molar-refractivity contribution is 6.31. The number of amides is 1. The van der Waals surface area contributed by atoms with E-state index >= 15 is 0 Å². The molecule has 0 bridgehead atoms. The van der Waals surface area contributed by atoms with Gasteiger partial charge in [-0.15, -0.1) is 0 Å². The second kappa shape index (κ2) is 8.68. The molecular weight excluding hydrogens is 330 g/mol. The fourth-order valence-corrected chi connectivity index (χ4v) is 3.29. The fraction of sp³-hybridized carbons (Fsp3) is 0.227. The van der Waals surface area contributed by atoms with Gasteiger partial charge in [0.25, 0.3) is 0 Å². The van der Waals surface area contributed by atoms with Crippen molar-refractivity contribution in [3.63, 3.8) is 0 Å². The Morgan fingerprint density at radius 2 is 1.56 bits per heavy atom. The standard InChI is InChI=1S/C22H22ClNO/c23-21-13-4-2-8-19(21)11-6-16-24-22(25)15-14-18-10-5-9-17-7-1-3-12-20(17)18/h1-5,7-10,12-13H,6,11,14-16H2,(H,24,25). The summed E-state index contributed by atoms with van der Waals surface area (Å²) in [6.07, 6.45) is 3.05. The molecule has 0 fully saturated rings. The van der Waals surface area contributed by atoms with Crippen LogP contribution < -0.4 is 5.32 Å². The molecule has 3 rings (SSSR count). The zero-order valence-electron chi connectivity index (χ0n) is 14.2. The Morgan fingerprint density at radius 1 is 0.840 bits per heavy atom. The van der Waals surface area contributed by atoms with Crippen molar-refractivity contribution < 1.29 is 4.79 Å². The first kappa shape index (κ1) is 17.5. The van der Waals surface area contributed by atoms with E-state index in [1.165, 1.54) is 16.3 Å². The first-order valence-corrected chi connectivity index (χ1v) is 9.08. The summed E-state index contributed by atoms with van der Waals surface area (Å²) in [6, 6.07) is 22.4. The second-order valence-electron chi connectivity index (χ2n) is 6.18. The number of hydrogen-bond donors (Lipinski definition) is 1. The van der Waals surface area contributed by atoms with Crippen LogP contribution in [0.4, 0.5) is 0 Å². The highest BCUT2D eigenvalue weighted by atomic mass is 35.5. The average molecular weight is 352 g/mol. The van der Waals surface area contributed by atoms with E-state index < -0.39 is 0 Å². The lowest BCUT2D eigenvalue weighted by Crippen LogP contribution is -2.25. The summed E-state index contributed by atoms with van der Waals surface area (Å²) in [5.41, 5.74) is 2.36. The fourth-order valence-electron chi connectivity index (χ4n) is 3.05. The molecule has 0 saturated carbocycles. The van der Waals surface area contributed by atoms with Gasteiger partial charge in [-0.05, 0) is 47.2 Å². The Balaban J connectivity index is 1.44. The minimum absolute atomic E-state index is 0.104. The first-order chi connectivity index (χ1) is 12.2. The van der Waals surface area contributed by atoms with Gasteiger partial charge in [-0.2, -0.15) is 0 Å². The number of carbonyl (C=O) groups is 1. The van der Waals surface area contributed by atoms with Crippen LogP contribution in [-0.2, 0) is 17.6 Å². The Morgan fingerprint density at radius 3 is 2.44 bits per heavy atom. The van der Waals surface area contributed by atoms with Crippen molar-refractivity contribution in [2.45, 2.75) is 25.7 Å². The lowest BCUT2D eigenvalue weighted by atomic mass is 10.0. The van der Waals surface area contributed by atoms with Gasteiger partial charge in [0, 0.05) is 18.0 Å². The topological polar surface area (TPSA) is 29.1 Å². The van der Waals surface area contributed by atoms with Gasteiger partial charge in [-0.1, -0.05) is 72.3 Å². The molecule has 2 nitrogen and oxygen atoms in total. The lowest BCUT2D eigenvalue weighted by Gasteiger charge is -2.08. The van der Waals surface area contributed by atoms with Gasteiger partial charge in [0.05, 0.1) is 0 Å². The van der Waals surface area contributed by atoms with Crippen LogP contribution in [0.3, 0.4) is 0 Å². The average Bonchev–Trinajstić information content (AvgIpc) is 2.65. The normalized spacial score (nSPS) is 10.8. The molecule has 0 unspecified atom stereocenters. The van der Waals surface area contributed by atoms with Crippen molar-refractivity contribution in [1.82, 2.24) is 5.32 Å². The molecule has 0 aliphatic rings. The number of benzene rings is 3. The van der Waals surface area contributed by atoms with Gasteiger partial charge in [-0.3, -0.25) is 4.79 Å². The first-order valence-electron chi connectivity index (χ1n) is 8.71. The molecule has 1 amide bonds. The summed E-state index contributed by atoms with van der Waals surface area (Å²) in [7, 11) is 0. The number of aryl methyl sites for hydroxylation is 2. The molecular formula is C22H22ClNO. The van der Waals surface area contributed by atoms with Gasteiger partial charge < -0.3 is 5.32 Å². The van der Waals surface area contributed by atoms with Crippen molar-refractivity contribution >= 4 is 28.3 Å². The molecule has 0 saturated heterocycles. The molecule has 0 atom stereocenters. The molecule has 3 aromatic rings. The van der Waals surface area contributed by atoms with E-state index in [-0.39, 0.29) is 5.91 Å². The SMILES string of the molecule is O=C(CCc1cccc2ccccc12)NCCCc1ccccc1Cl. The maximum Gasteiger partial charge on any atom is 0.220 e. The minimum atomic E-state index is 0.104. The second-order valence-corrected chi connectivity index (χ2v) is 6.59. The van der Waals surface area contributed by atoms with Crippen LogP contribution in [0.15, 0.2) is 66.7 Å². The highest BCUT2D eigenvalue weighted by Crippen LogP contribution is 2.19. The van der Waals surface area contributed by atoms with Crippen LogP contribution in [0.1, 0.15) is 24.0 Å². The van der Waals surface area contributed by atoms with E-state index in [2.05, 4.69) is 35.6 Å². The summed E-state index contributed by atoms with van der Waals surface area (Å²) < 4.78 is 0. The number of carbonyl (C=O) groups excluding carboxylic acids is 1. The van der Waals surface area contributed by atoms with Gasteiger partial charge >= 0.3 is 0 Å². The van der Waals surface area contributed by atoms with Crippen molar-refractivity contribution in [2.75, 3.05) is 6.54 Å². The van der Waals surface area contributed by atoms with Gasteiger partial charge in [0.1, 0.15) is 0 Å².